The molecule has 24 heavy (non-hydrogen) atoms. The van der Waals surface area contributed by atoms with Crippen LogP contribution in [0.2, 0.25) is 5.02 Å². The van der Waals surface area contributed by atoms with Crippen molar-refractivity contribution in [2.45, 2.75) is 13.1 Å². The minimum atomic E-state index is -0.329. The Morgan fingerprint density at radius 3 is 2.58 bits per heavy atom. The van der Waals surface area contributed by atoms with Gasteiger partial charge in [0.05, 0.1) is 31.2 Å². The summed E-state index contributed by atoms with van der Waals surface area (Å²) in [6.45, 7) is 2.12. The van der Waals surface area contributed by atoms with E-state index in [1.165, 1.54) is 0 Å². The van der Waals surface area contributed by atoms with E-state index in [2.05, 4.69) is 4.99 Å². The zero-order chi connectivity index (χ0) is 17.3. The molecule has 6 heteroatoms. The summed E-state index contributed by atoms with van der Waals surface area (Å²) in [5.41, 5.74) is 9.57. The number of fused-ring (bicyclic) bond motifs is 1. The van der Waals surface area contributed by atoms with Gasteiger partial charge in [0.1, 0.15) is 11.6 Å². The number of rotatable bonds is 3. The van der Waals surface area contributed by atoms with Gasteiger partial charge in [0.25, 0.3) is 0 Å². The average Bonchev–Trinajstić information content (AvgIpc) is 2.71. The van der Waals surface area contributed by atoms with Crippen LogP contribution in [0.3, 0.4) is 0 Å². The van der Waals surface area contributed by atoms with Crippen LogP contribution < -0.4 is 15.4 Å². The molecular formula is C18H19ClN4O. The van der Waals surface area contributed by atoms with E-state index in [-0.39, 0.29) is 12.7 Å². The van der Waals surface area contributed by atoms with Gasteiger partial charge in [-0.2, -0.15) is 0 Å². The van der Waals surface area contributed by atoms with Crippen LogP contribution in [-0.4, -0.2) is 31.4 Å². The predicted molar refractivity (Wildman–Crippen MR) is 98.8 cm³/mol. The number of anilines is 1. The lowest BCUT2D eigenvalue weighted by molar-refractivity contribution is 0.414. The standard InChI is InChI=1S/C18H19ClN4O/c1-11(20)23-16-8-7-14(24-2)9-15(16)18(22-10-17(23)21)12-3-5-13(19)6-4-12/h3-9,11,21H,10,20H2,1-2H3. The van der Waals surface area contributed by atoms with Crippen LogP contribution in [0.15, 0.2) is 47.5 Å². The highest BCUT2D eigenvalue weighted by Crippen LogP contribution is 2.31. The molecule has 0 saturated heterocycles. The number of aliphatic imine (C=N–C) groups is 1. The first-order chi connectivity index (χ1) is 11.5. The second-order valence-corrected chi connectivity index (χ2v) is 6.05. The summed E-state index contributed by atoms with van der Waals surface area (Å²) in [5.74, 6) is 1.09. The number of nitrogens with zero attached hydrogens (tertiary/aromatic N) is 2. The molecular weight excluding hydrogens is 324 g/mol. The SMILES string of the molecule is COc1ccc2c(c1)C(c1ccc(Cl)cc1)=NCC(=N)N2C(C)N. The monoisotopic (exact) mass is 342 g/mol. The fraction of sp³-hybridized carbons (Fsp3) is 0.222. The first-order valence-electron chi connectivity index (χ1n) is 7.62. The maximum atomic E-state index is 8.32. The number of amidine groups is 1. The molecule has 0 radical (unpaired) electrons. The minimum absolute atomic E-state index is 0.260. The lowest BCUT2D eigenvalue weighted by atomic mass is 9.99. The Morgan fingerprint density at radius 2 is 1.96 bits per heavy atom. The fourth-order valence-electron chi connectivity index (χ4n) is 2.82. The molecule has 0 bridgehead atoms. The van der Waals surface area contributed by atoms with Crippen molar-refractivity contribution >= 4 is 28.8 Å². The van der Waals surface area contributed by atoms with Gasteiger partial charge in [0.15, 0.2) is 0 Å². The number of halogens is 1. The third-order valence-electron chi connectivity index (χ3n) is 3.92. The number of hydrogen-bond acceptors (Lipinski definition) is 4. The van der Waals surface area contributed by atoms with Gasteiger partial charge in [0, 0.05) is 16.1 Å². The zero-order valence-corrected chi connectivity index (χ0v) is 14.3. The van der Waals surface area contributed by atoms with E-state index in [4.69, 9.17) is 27.5 Å². The molecule has 1 atom stereocenters. The number of hydrogen-bond donors (Lipinski definition) is 2. The molecule has 124 valence electrons. The van der Waals surface area contributed by atoms with Crippen LogP contribution >= 0.6 is 11.6 Å². The molecule has 0 aromatic heterocycles. The van der Waals surface area contributed by atoms with Crippen LogP contribution in [0, 0.1) is 5.41 Å². The second kappa shape index (κ2) is 6.63. The van der Waals surface area contributed by atoms with E-state index in [0.29, 0.717) is 10.9 Å². The largest absolute Gasteiger partial charge is 0.497 e. The minimum Gasteiger partial charge on any atom is -0.497 e. The molecule has 0 amide bonds. The molecule has 1 heterocycles. The van der Waals surface area contributed by atoms with E-state index in [1.54, 1.807) is 12.0 Å². The van der Waals surface area contributed by atoms with E-state index in [9.17, 15) is 0 Å². The molecule has 0 spiro atoms. The molecule has 1 unspecified atom stereocenters. The van der Waals surface area contributed by atoms with Gasteiger partial charge in [-0.05, 0) is 37.3 Å². The lowest BCUT2D eigenvalue weighted by Gasteiger charge is -2.28. The van der Waals surface area contributed by atoms with Gasteiger partial charge >= 0.3 is 0 Å². The number of nitrogens with two attached hydrogens (primary N) is 1. The van der Waals surface area contributed by atoms with Crippen molar-refractivity contribution in [3.63, 3.8) is 0 Å². The van der Waals surface area contributed by atoms with E-state index < -0.39 is 0 Å². The maximum Gasteiger partial charge on any atom is 0.124 e. The fourth-order valence-corrected chi connectivity index (χ4v) is 2.95. The highest BCUT2D eigenvalue weighted by atomic mass is 35.5. The smallest absolute Gasteiger partial charge is 0.124 e. The van der Waals surface area contributed by atoms with Gasteiger partial charge in [-0.15, -0.1) is 0 Å². The number of ether oxygens (including phenoxy) is 1. The molecule has 5 nitrogen and oxygen atoms in total. The highest BCUT2D eigenvalue weighted by molar-refractivity contribution is 6.30. The van der Waals surface area contributed by atoms with Crippen molar-refractivity contribution < 1.29 is 4.74 Å². The summed E-state index contributed by atoms with van der Waals surface area (Å²) in [4.78, 5) is 6.44. The zero-order valence-electron chi connectivity index (χ0n) is 13.6. The Labute approximate surface area is 146 Å². The van der Waals surface area contributed by atoms with Crippen molar-refractivity contribution in [1.29, 1.82) is 5.41 Å². The lowest BCUT2D eigenvalue weighted by Crippen LogP contribution is -2.44. The number of nitrogens with one attached hydrogen (secondary N) is 1. The summed E-state index contributed by atoms with van der Waals surface area (Å²) >= 11 is 6.00. The predicted octanol–water partition coefficient (Wildman–Crippen LogP) is 3.29. The Bertz CT molecular complexity index is 799. The summed E-state index contributed by atoms with van der Waals surface area (Å²) in [5, 5.41) is 8.99. The first-order valence-corrected chi connectivity index (χ1v) is 8.00. The topological polar surface area (TPSA) is 74.7 Å². The van der Waals surface area contributed by atoms with Gasteiger partial charge in [0.2, 0.25) is 0 Å². The Morgan fingerprint density at radius 1 is 1.25 bits per heavy atom. The van der Waals surface area contributed by atoms with Crippen LogP contribution in [0.1, 0.15) is 18.1 Å². The van der Waals surface area contributed by atoms with Gasteiger partial charge < -0.3 is 15.4 Å². The molecule has 0 aliphatic carbocycles. The summed E-state index contributed by atoms with van der Waals surface area (Å²) in [6, 6.07) is 13.2. The molecule has 3 N–H and O–H groups in total. The number of methoxy groups -OCH3 is 1. The summed E-state index contributed by atoms with van der Waals surface area (Å²) in [7, 11) is 1.63. The third kappa shape index (κ3) is 3.00. The Hall–Kier alpha value is -2.37. The number of benzene rings is 2. The third-order valence-corrected chi connectivity index (χ3v) is 4.17. The van der Waals surface area contributed by atoms with Gasteiger partial charge in [-0.3, -0.25) is 10.4 Å². The van der Waals surface area contributed by atoms with E-state index in [0.717, 1.165) is 28.3 Å². The van der Waals surface area contributed by atoms with Crippen molar-refractivity contribution in [2.24, 2.45) is 10.7 Å². The van der Waals surface area contributed by atoms with Crippen LogP contribution in [-0.2, 0) is 0 Å². The normalized spacial score (nSPS) is 15.4. The average molecular weight is 343 g/mol. The molecule has 0 saturated carbocycles. The summed E-state index contributed by atoms with van der Waals surface area (Å²) < 4.78 is 5.37. The van der Waals surface area contributed by atoms with Crippen molar-refractivity contribution in [2.75, 3.05) is 18.6 Å². The van der Waals surface area contributed by atoms with E-state index >= 15 is 0 Å². The molecule has 3 rings (SSSR count). The molecule has 1 aliphatic rings. The quantitative estimate of drug-likeness (QED) is 0.898. The van der Waals surface area contributed by atoms with Crippen LogP contribution in [0.4, 0.5) is 5.69 Å². The van der Waals surface area contributed by atoms with Crippen LogP contribution in [0.25, 0.3) is 0 Å². The van der Waals surface area contributed by atoms with Crippen molar-refractivity contribution in [3.05, 3.63) is 58.6 Å². The molecule has 2 aromatic carbocycles. The second-order valence-electron chi connectivity index (χ2n) is 5.61. The van der Waals surface area contributed by atoms with Crippen molar-refractivity contribution in [1.82, 2.24) is 0 Å². The van der Waals surface area contributed by atoms with Crippen molar-refractivity contribution in [3.8, 4) is 5.75 Å². The Balaban J connectivity index is 2.21. The molecule has 2 aromatic rings. The molecule has 1 aliphatic heterocycles. The number of benzodiazepines with no additional fused rings is 1. The van der Waals surface area contributed by atoms with Crippen LogP contribution in [0.5, 0.6) is 5.75 Å². The first kappa shape index (κ1) is 16.5. The Kier molecular flexibility index (Phi) is 4.55. The highest BCUT2D eigenvalue weighted by Gasteiger charge is 2.25. The molecule has 0 fully saturated rings. The van der Waals surface area contributed by atoms with Gasteiger partial charge in [-0.1, -0.05) is 23.7 Å². The summed E-state index contributed by atoms with van der Waals surface area (Å²) in [6.07, 6.45) is -0.329. The van der Waals surface area contributed by atoms with Gasteiger partial charge in [-0.25, -0.2) is 0 Å². The maximum absolute atomic E-state index is 8.32. The van der Waals surface area contributed by atoms with E-state index in [1.807, 2.05) is 49.4 Å².